The first kappa shape index (κ1) is 26.4. The minimum absolute atomic E-state index is 0.0672. The Morgan fingerprint density at radius 2 is 1.63 bits per heavy atom. The van der Waals surface area contributed by atoms with Crippen molar-refractivity contribution in [2.45, 2.75) is 12.5 Å². The number of aromatic hydroxyl groups is 1. The van der Waals surface area contributed by atoms with Crippen LogP contribution in [0.5, 0.6) is 5.75 Å². The van der Waals surface area contributed by atoms with Crippen LogP contribution in [0.15, 0.2) is 72.8 Å². The summed E-state index contributed by atoms with van der Waals surface area (Å²) in [4.78, 5) is 41.8. The third kappa shape index (κ3) is 6.35. The average Bonchev–Trinajstić information content (AvgIpc) is 2.92. The molecular weight excluding hydrogens is 508 g/mol. The number of hydrogen-bond acceptors (Lipinski definition) is 6. The van der Waals surface area contributed by atoms with Crippen molar-refractivity contribution in [2.75, 3.05) is 7.11 Å². The number of carbonyl (C=O) groups is 3. The molecule has 1 aromatic heterocycles. The Kier molecular flexibility index (Phi) is 8.03. The SMILES string of the molecule is COC(=O)[C@@H](Cc1ccc(O)cc1)NC(=O)c1cc(C(=O)O)c2cc(/C=C/c3ccc(Cl)cc3)ccc2n1. The van der Waals surface area contributed by atoms with E-state index in [0.29, 0.717) is 21.5 Å². The molecule has 0 saturated heterocycles. The lowest BCUT2D eigenvalue weighted by Crippen LogP contribution is -2.43. The van der Waals surface area contributed by atoms with Crippen LogP contribution in [0, 0.1) is 0 Å². The predicted molar refractivity (Wildman–Crippen MR) is 144 cm³/mol. The second-order valence-electron chi connectivity index (χ2n) is 8.44. The molecule has 0 aliphatic rings. The van der Waals surface area contributed by atoms with Gasteiger partial charge >= 0.3 is 11.9 Å². The number of aromatic nitrogens is 1. The third-order valence-electron chi connectivity index (χ3n) is 5.80. The van der Waals surface area contributed by atoms with Gasteiger partial charge in [-0.15, -0.1) is 0 Å². The zero-order valence-corrected chi connectivity index (χ0v) is 21.0. The van der Waals surface area contributed by atoms with Crippen molar-refractivity contribution in [1.29, 1.82) is 0 Å². The van der Waals surface area contributed by atoms with E-state index in [1.165, 1.54) is 25.3 Å². The Hall–Kier alpha value is -4.69. The first-order chi connectivity index (χ1) is 18.2. The summed E-state index contributed by atoms with van der Waals surface area (Å²) in [5.41, 5.74) is 2.40. The van der Waals surface area contributed by atoms with E-state index in [1.54, 1.807) is 42.5 Å². The second-order valence-corrected chi connectivity index (χ2v) is 8.88. The molecule has 3 aromatic carbocycles. The molecule has 4 aromatic rings. The van der Waals surface area contributed by atoms with Crippen LogP contribution in [-0.2, 0) is 16.0 Å². The third-order valence-corrected chi connectivity index (χ3v) is 6.05. The fourth-order valence-corrected chi connectivity index (χ4v) is 3.97. The number of amides is 1. The Morgan fingerprint density at radius 3 is 2.29 bits per heavy atom. The summed E-state index contributed by atoms with van der Waals surface area (Å²) in [7, 11) is 1.20. The van der Waals surface area contributed by atoms with E-state index in [2.05, 4.69) is 10.3 Å². The quantitative estimate of drug-likeness (QED) is 0.217. The fourth-order valence-electron chi connectivity index (χ4n) is 3.84. The number of esters is 1. The molecule has 0 aliphatic heterocycles. The molecule has 3 N–H and O–H groups in total. The minimum Gasteiger partial charge on any atom is -0.508 e. The Morgan fingerprint density at radius 1 is 0.974 bits per heavy atom. The molecule has 8 nitrogen and oxygen atoms in total. The molecule has 0 bridgehead atoms. The summed E-state index contributed by atoms with van der Waals surface area (Å²) < 4.78 is 4.82. The van der Waals surface area contributed by atoms with Crippen LogP contribution in [0.4, 0.5) is 0 Å². The standard InChI is InChI=1S/C29H23ClN2O6/c1-38-29(37)26(15-19-6-11-21(33)12-7-19)32-27(34)25-16-23(28(35)36)22-14-18(8-13-24(22)31-25)3-2-17-4-9-20(30)10-5-17/h2-14,16,26,33H,15H2,1H3,(H,32,34)(H,35,36)/b3-2+/t26-/m1/s1. The van der Waals surface area contributed by atoms with E-state index in [1.807, 2.05) is 24.3 Å². The molecule has 0 fully saturated rings. The van der Waals surface area contributed by atoms with Gasteiger partial charge < -0.3 is 20.3 Å². The highest BCUT2D eigenvalue weighted by atomic mass is 35.5. The molecule has 192 valence electrons. The van der Waals surface area contributed by atoms with Crippen molar-refractivity contribution in [3.63, 3.8) is 0 Å². The molecule has 0 unspecified atom stereocenters. The molecule has 9 heteroatoms. The molecule has 1 atom stereocenters. The zero-order valence-electron chi connectivity index (χ0n) is 20.2. The van der Waals surface area contributed by atoms with Gasteiger partial charge in [0, 0.05) is 16.8 Å². The van der Waals surface area contributed by atoms with Crippen LogP contribution in [0.25, 0.3) is 23.1 Å². The maximum Gasteiger partial charge on any atom is 0.336 e. The largest absolute Gasteiger partial charge is 0.508 e. The average molecular weight is 531 g/mol. The number of hydrogen-bond donors (Lipinski definition) is 3. The highest BCUT2D eigenvalue weighted by molar-refractivity contribution is 6.30. The molecule has 0 aliphatic carbocycles. The number of ether oxygens (including phenoxy) is 1. The maximum absolute atomic E-state index is 13.1. The number of nitrogens with one attached hydrogen (secondary N) is 1. The maximum atomic E-state index is 13.1. The summed E-state index contributed by atoms with van der Waals surface area (Å²) in [5, 5.41) is 22.9. The monoisotopic (exact) mass is 530 g/mol. The predicted octanol–water partition coefficient (Wildman–Crippen LogP) is 4.98. The van der Waals surface area contributed by atoms with Crippen LogP contribution in [-0.4, -0.2) is 46.2 Å². The normalized spacial score (nSPS) is 11.8. The van der Waals surface area contributed by atoms with Gasteiger partial charge in [0.25, 0.3) is 5.91 Å². The number of carbonyl (C=O) groups excluding carboxylic acids is 2. The summed E-state index contributed by atoms with van der Waals surface area (Å²) in [5.74, 6) is -2.56. The lowest BCUT2D eigenvalue weighted by atomic mass is 10.0. The molecular formula is C29H23ClN2O6. The number of methoxy groups -OCH3 is 1. The number of fused-ring (bicyclic) bond motifs is 1. The van der Waals surface area contributed by atoms with E-state index >= 15 is 0 Å². The van der Waals surface area contributed by atoms with Crippen molar-refractivity contribution in [3.05, 3.63) is 106 Å². The number of pyridine rings is 1. The van der Waals surface area contributed by atoms with Gasteiger partial charge in [-0.3, -0.25) is 4.79 Å². The minimum atomic E-state index is -1.22. The summed E-state index contributed by atoms with van der Waals surface area (Å²) in [6.45, 7) is 0. The molecule has 4 rings (SSSR count). The Labute approximate surface area is 223 Å². The van der Waals surface area contributed by atoms with E-state index in [4.69, 9.17) is 16.3 Å². The van der Waals surface area contributed by atoms with Gasteiger partial charge in [-0.25, -0.2) is 14.6 Å². The number of phenolic OH excluding ortho intramolecular Hbond substituents is 1. The van der Waals surface area contributed by atoms with Crippen LogP contribution >= 0.6 is 11.6 Å². The number of halogens is 1. The molecule has 1 heterocycles. The van der Waals surface area contributed by atoms with Crippen molar-refractivity contribution < 1.29 is 29.3 Å². The molecule has 1 amide bonds. The van der Waals surface area contributed by atoms with Crippen LogP contribution in [0.1, 0.15) is 37.5 Å². The van der Waals surface area contributed by atoms with Crippen LogP contribution < -0.4 is 5.32 Å². The van der Waals surface area contributed by atoms with Crippen LogP contribution in [0.3, 0.4) is 0 Å². The van der Waals surface area contributed by atoms with Crippen molar-refractivity contribution >= 4 is 52.5 Å². The van der Waals surface area contributed by atoms with Crippen molar-refractivity contribution in [1.82, 2.24) is 10.3 Å². The lowest BCUT2D eigenvalue weighted by Gasteiger charge is -2.17. The molecule has 0 radical (unpaired) electrons. The number of carboxylic acid groups (broad SMARTS) is 1. The Bertz CT molecular complexity index is 1530. The highest BCUT2D eigenvalue weighted by Gasteiger charge is 2.24. The topological polar surface area (TPSA) is 126 Å². The van der Waals surface area contributed by atoms with E-state index < -0.39 is 23.9 Å². The number of nitrogens with zero attached hydrogens (tertiary/aromatic N) is 1. The summed E-state index contributed by atoms with van der Waals surface area (Å²) in [6, 6.07) is 18.6. The van der Waals surface area contributed by atoms with E-state index in [9.17, 15) is 24.6 Å². The van der Waals surface area contributed by atoms with Crippen molar-refractivity contribution in [3.8, 4) is 5.75 Å². The smallest absolute Gasteiger partial charge is 0.336 e. The van der Waals surface area contributed by atoms with Gasteiger partial charge in [0.15, 0.2) is 0 Å². The first-order valence-corrected chi connectivity index (χ1v) is 11.9. The molecule has 38 heavy (non-hydrogen) atoms. The van der Waals surface area contributed by atoms with Gasteiger partial charge in [-0.05, 0) is 59.2 Å². The van der Waals surface area contributed by atoms with E-state index in [0.717, 1.165) is 11.1 Å². The number of aromatic carboxylic acids is 1. The van der Waals surface area contributed by atoms with Gasteiger partial charge in [0.05, 0.1) is 18.2 Å². The molecule has 0 saturated carbocycles. The summed E-state index contributed by atoms with van der Waals surface area (Å²) >= 11 is 5.92. The van der Waals surface area contributed by atoms with Gasteiger partial charge in [0.2, 0.25) is 0 Å². The lowest BCUT2D eigenvalue weighted by molar-refractivity contribution is -0.142. The van der Waals surface area contributed by atoms with Crippen molar-refractivity contribution in [2.24, 2.45) is 0 Å². The summed E-state index contributed by atoms with van der Waals surface area (Å²) in [6.07, 6.45) is 3.80. The number of rotatable bonds is 8. The zero-order chi connectivity index (χ0) is 27.2. The Balaban J connectivity index is 1.62. The second kappa shape index (κ2) is 11.6. The highest BCUT2D eigenvalue weighted by Crippen LogP contribution is 2.22. The van der Waals surface area contributed by atoms with Gasteiger partial charge in [-0.2, -0.15) is 0 Å². The number of phenols is 1. The fraction of sp³-hybridized carbons (Fsp3) is 0.103. The number of benzene rings is 3. The van der Waals surface area contributed by atoms with E-state index in [-0.39, 0.29) is 23.4 Å². The first-order valence-electron chi connectivity index (χ1n) is 11.5. The van der Waals surface area contributed by atoms with Gasteiger partial charge in [0.1, 0.15) is 17.5 Å². The van der Waals surface area contributed by atoms with Crippen LogP contribution in [0.2, 0.25) is 5.02 Å². The van der Waals surface area contributed by atoms with Gasteiger partial charge in [-0.1, -0.05) is 54.1 Å². The molecule has 0 spiro atoms. The number of carboxylic acids is 1.